The van der Waals surface area contributed by atoms with Crippen molar-refractivity contribution in [1.29, 1.82) is 0 Å². The number of hydrogen-bond donors (Lipinski definition) is 2. The summed E-state index contributed by atoms with van der Waals surface area (Å²) in [4.78, 5) is 31.0. The average molecular weight is 771 g/mol. The Morgan fingerprint density at radius 2 is 0.930 bits per heavy atom. The fourth-order valence-corrected chi connectivity index (χ4v) is 8.37. The number of unbranched alkanes of at least 4 members (excludes halogenated alkanes) is 6. The third-order valence-corrected chi connectivity index (χ3v) is 11.6. The van der Waals surface area contributed by atoms with Crippen molar-refractivity contribution in [2.24, 2.45) is 0 Å². The third-order valence-electron chi connectivity index (χ3n) is 10.8. The molecule has 8 bridgehead atoms. The fraction of sp³-hybridized carbons (Fsp3) is 0.314. The Kier molecular flexibility index (Phi) is 13.4. The van der Waals surface area contributed by atoms with Crippen molar-refractivity contribution < 1.29 is 4.79 Å². The Balaban J connectivity index is 1.41. The van der Waals surface area contributed by atoms with Crippen LogP contribution in [0.4, 0.5) is 0 Å². The highest BCUT2D eigenvalue weighted by atomic mass is 32.2. The molecule has 7 rings (SSSR count). The van der Waals surface area contributed by atoms with Gasteiger partial charge in [-0.05, 0) is 129 Å². The van der Waals surface area contributed by atoms with E-state index in [-0.39, 0.29) is 5.12 Å². The van der Waals surface area contributed by atoms with Gasteiger partial charge in [0.25, 0.3) is 0 Å². The van der Waals surface area contributed by atoms with Gasteiger partial charge in [0.2, 0.25) is 0 Å². The first kappa shape index (κ1) is 39.8. The predicted molar refractivity (Wildman–Crippen MR) is 243 cm³/mol. The van der Waals surface area contributed by atoms with Crippen molar-refractivity contribution in [3.8, 4) is 23.0 Å². The van der Waals surface area contributed by atoms with Crippen LogP contribution in [0.2, 0.25) is 0 Å². The van der Waals surface area contributed by atoms with Gasteiger partial charge in [-0.15, -0.1) is 0 Å². The predicted octanol–water partition coefficient (Wildman–Crippen LogP) is 13.6. The molecular weight excluding hydrogens is 717 g/mol. The molecule has 2 aromatic carbocycles. The zero-order valence-electron chi connectivity index (χ0n) is 33.9. The van der Waals surface area contributed by atoms with E-state index in [0.717, 1.165) is 111 Å². The lowest BCUT2D eigenvalue weighted by atomic mass is 10.0. The number of nitrogens with one attached hydrogen (secondary N) is 2. The van der Waals surface area contributed by atoms with E-state index in [1.807, 2.05) is 24.3 Å². The van der Waals surface area contributed by atoms with E-state index in [4.69, 9.17) is 9.97 Å². The van der Waals surface area contributed by atoms with Gasteiger partial charge in [0.1, 0.15) is 0 Å². The molecule has 0 fully saturated rings. The highest BCUT2D eigenvalue weighted by Crippen LogP contribution is 2.33. The number of benzene rings is 2. The molecule has 5 heterocycles. The van der Waals surface area contributed by atoms with E-state index in [9.17, 15) is 4.79 Å². The molecule has 6 heteroatoms. The third kappa shape index (κ3) is 9.78. The number of H-pyrrole nitrogens is 2. The summed E-state index contributed by atoms with van der Waals surface area (Å²) in [6.07, 6.45) is 22.2. The van der Waals surface area contributed by atoms with Gasteiger partial charge in [0, 0.05) is 67.3 Å². The summed E-state index contributed by atoms with van der Waals surface area (Å²) < 4.78 is 0. The molecule has 290 valence electrons. The Bertz CT molecular complexity index is 2400. The maximum atomic E-state index is 11.5. The van der Waals surface area contributed by atoms with Crippen LogP contribution in [-0.2, 0) is 24.1 Å². The minimum atomic E-state index is 0.0768. The molecule has 0 atom stereocenters. The number of aromatic nitrogens is 4. The first-order valence-corrected chi connectivity index (χ1v) is 21.8. The zero-order valence-corrected chi connectivity index (χ0v) is 34.8. The number of aromatic amines is 2. The Morgan fingerprint density at radius 1 is 0.526 bits per heavy atom. The zero-order chi connectivity index (χ0) is 39.6. The van der Waals surface area contributed by atoms with E-state index < -0.39 is 0 Å². The van der Waals surface area contributed by atoms with Crippen LogP contribution in [0, 0.1) is 11.8 Å². The van der Waals surface area contributed by atoms with Gasteiger partial charge in [0.05, 0.1) is 22.8 Å². The Hall–Kier alpha value is -5.38. The molecule has 57 heavy (non-hydrogen) atoms. The molecule has 0 saturated carbocycles. The standard InChI is InChI=1S/C51H54N4OS/c1-5-8-11-14-40-43-27-29-45(52-43)41(15-12-9-6-2)47-31-33-49(54-47)51(50-34-32-48(55-50)42(16-13-10-7-3)46-30-28-44(40)53-46)38-23-19-36(20-24-38)17-18-37-21-25-39(26-22-37)57-35(4)56/h19-34,54-55H,5-16H2,1-4H3. The number of aryl methyl sites for hydroxylation is 2. The van der Waals surface area contributed by atoms with Crippen molar-refractivity contribution in [2.75, 3.05) is 0 Å². The second-order valence-corrected chi connectivity index (χ2v) is 16.4. The van der Waals surface area contributed by atoms with Crippen molar-refractivity contribution in [3.63, 3.8) is 0 Å². The first-order chi connectivity index (χ1) is 27.9. The lowest BCUT2D eigenvalue weighted by molar-refractivity contribution is -0.109. The number of fused-ring (bicyclic) bond motifs is 8. The van der Waals surface area contributed by atoms with Crippen LogP contribution < -0.4 is 0 Å². The minimum absolute atomic E-state index is 0.0768. The van der Waals surface area contributed by atoms with Crippen LogP contribution in [0.15, 0.2) is 77.7 Å². The van der Waals surface area contributed by atoms with Gasteiger partial charge in [-0.2, -0.15) is 0 Å². The number of carbonyl (C=O) groups excluding carboxylic acids is 1. The number of hydrogen-bond acceptors (Lipinski definition) is 4. The monoisotopic (exact) mass is 770 g/mol. The van der Waals surface area contributed by atoms with Crippen molar-refractivity contribution >= 4 is 63.2 Å². The molecule has 0 aliphatic carbocycles. The van der Waals surface area contributed by atoms with Crippen LogP contribution in [0.3, 0.4) is 0 Å². The topological polar surface area (TPSA) is 74.4 Å². The van der Waals surface area contributed by atoms with Gasteiger partial charge in [-0.25, -0.2) is 9.97 Å². The molecule has 0 unspecified atom stereocenters. The quantitative estimate of drug-likeness (QED) is 0.0656. The summed E-state index contributed by atoms with van der Waals surface area (Å²) in [5.41, 5.74) is 16.4. The van der Waals surface area contributed by atoms with Crippen molar-refractivity contribution in [1.82, 2.24) is 19.9 Å². The van der Waals surface area contributed by atoms with E-state index in [1.165, 1.54) is 67.0 Å². The summed E-state index contributed by atoms with van der Waals surface area (Å²) in [6.45, 7) is 8.37. The number of rotatable bonds is 14. The van der Waals surface area contributed by atoms with Gasteiger partial charge in [-0.1, -0.05) is 95.0 Å². The summed E-state index contributed by atoms with van der Waals surface area (Å²) in [6, 6.07) is 25.3. The number of thioether (sulfide) groups is 1. The second kappa shape index (κ2) is 19.2. The van der Waals surface area contributed by atoms with Crippen LogP contribution in [0.25, 0.3) is 57.5 Å². The summed E-state index contributed by atoms with van der Waals surface area (Å²) in [5.74, 6) is 6.63. The maximum Gasteiger partial charge on any atom is 0.190 e. The molecule has 5 nitrogen and oxygen atoms in total. The number of nitrogens with zero attached hydrogens (tertiary/aromatic N) is 2. The largest absolute Gasteiger partial charge is 0.355 e. The Morgan fingerprint density at radius 3 is 1.37 bits per heavy atom. The van der Waals surface area contributed by atoms with Crippen LogP contribution >= 0.6 is 11.8 Å². The van der Waals surface area contributed by atoms with E-state index in [0.29, 0.717) is 0 Å². The lowest BCUT2D eigenvalue weighted by Crippen LogP contribution is -1.97. The molecule has 2 aliphatic rings. The Labute approximate surface area is 342 Å². The smallest absolute Gasteiger partial charge is 0.190 e. The van der Waals surface area contributed by atoms with Crippen LogP contribution in [-0.4, -0.2) is 25.1 Å². The first-order valence-electron chi connectivity index (χ1n) is 21.0. The molecule has 0 amide bonds. The summed E-state index contributed by atoms with van der Waals surface area (Å²) in [7, 11) is 0. The van der Waals surface area contributed by atoms with E-state index >= 15 is 0 Å². The molecule has 3 aromatic heterocycles. The summed E-state index contributed by atoms with van der Waals surface area (Å²) >= 11 is 1.24. The molecule has 0 spiro atoms. The van der Waals surface area contributed by atoms with Gasteiger partial charge >= 0.3 is 0 Å². The van der Waals surface area contributed by atoms with E-state index in [1.54, 1.807) is 6.92 Å². The highest BCUT2D eigenvalue weighted by Gasteiger charge is 2.17. The molecule has 5 aromatic rings. The molecule has 0 saturated heterocycles. The maximum absolute atomic E-state index is 11.5. The highest BCUT2D eigenvalue weighted by molar-refractivity contribution is 8.13. The second-order valence-electron chi connectivity index (χ2n) is 15.1. The van der Waals surface area contributed by atoms with Crippen molar-refractivity contribution in [2.45, 2.75) is 110 Å². The fourth-order valence-electron chi connectivity index (χ4n) is 7.77. The average Bonchev–Trinajstić information content (AvgIpc) is 4.06. The van der Waals surface area contributed by atoms with Gasteiger partial charge < -0.3 is 9.97 Å². The number of carbonyl (C=O) groups is 1. The lowest BCUT2D eigenvalue weighted by Gasteiger charge is -2.06. The molecule has 0 radical (unpaired) electrons. The molecule has 2 N–H and O–H groups in total. The SMILES string of the molecule is CCCCCc1c2nc(c(CCCCC)c3ccc([nH]3)c(-c3ccc(C#Cc4ccc(SC(C)=O)cc4)cc3)c3ccc([nH]3)c(CCCCC)c3nc1C=C3)C=C2. The summed E-state index contributed by atoms with van der Waals surface area (Å²) in [5, 5.41) is 0.0768. The van der Waals surface area contributed by atoms with Gasteiger partial charge in [0.15, 0.2) is 5.12 Å². The normalized spacial score (nSPS) is 11.9. The molecule has 2 aliphatic heterocycles. The van der Waals surface area contributed by atoms with E-state index in [2.05, 4.69) is 115 Å². The van der Waals surface area contributed by atoms with Crippen LogP contribution in [0.5, 0.6) is 0 Å². The molecular formula is C51H54N4OS. The van der Waals surface area contributed by atoms with Crippen LogP contribution in [0.1, 0.15) is 136 Å². The van der Waals surface area contributed by atoms with Crippen molar-refractivity contribution in [3.05, 3.63) is 123 Å². The van der Waals surface area contributed by atoms with Gasteiger partial charge in [-0.3, -0.25) is 4.79 Å². The minimum Gasteiger partial charge on any atom is -0.355 e.